The molecule has 0 unspecified atom stereocenters. The summed E-state index contributed by atoms with van der Waals surface area (Å²) in [5.41, 5.74) is 13.5. The maximum absolute atomic E-state index is 14.0. The van der Waals surface area contributed by atoms with Crippen molar-refractivity contribution in [2.24, 2.45) is 17.4 Å². The molecule has 0 aliphatic heterocycles. The number of halogens is 6. The number of hydrogen-bond acceptors (Lipinski definition) is 6. The number of fused-ring (bicyclic) bond motifs is 2. The molecule has 20 heteroatoms. The SMILES string of the molecule is C.NC(=O)c1cn(CC(=O)N(CC(=O)NCc2cccc(Cl)c2F)C2CC2)c2ccc(Br)cc12.NC(=O)c1cn(CC(=O)O)c2ccc(Br)cc12.O=C(CCC1CC1)NCc1cccc(Cl)c1F. The zero-order valence-electron chi connectivity index (χ0n) is 35.7. The Morgan fingerprint density at radius 2 is 1.18 bits per heavy atom. The molecule has 2 heterocycles. The van der Waals surface area contributed by atoms with Crippen molar-refractivity contribution < 1.29 is 42.7 Å². The van der Waals surface area contributed by atoms with E-state index >= 15 is 0 Å². The first-order chi connectivity index (χ1) is 31.9. The van der Waals surface area contributed by atoms with Gasteiger partial charge in [-0.05, 0) is 73.7 Å². The van der Waals surface area contributed by atoms with Crippen LogP contribution < -0.4 is 22.1 Å². The number of amides is 5. The predicted octanol–water partition coefficient (Wildman–Crippen LogP) is 9.11. The monoisotopic (exact) mass is 1100 g/mol. The van der Waals surface area contributed by atoms with E-state index in [9.17, 15) is 37.5 Å². The third-order valence-electron chi connectivity index (χ3n) is 10.9. The molecule has 6 aromatic rings. The molecule has 0 radical (unpaired) electrons. The van der Waals surface area contributed by atoms with Crippen molar-refractivity contribution in [3.05, 3.63) is 138 Å². The van der Waals surface area contributed by atoms with Gasteiger partial charge in [-0.2, -0.15) is 0 Å². The molecular formula is C48H49Br2Cl2F2N7O7. The van der Waals surface area contributed by atoms with Crippen molar-refractivity contribution >= 4 is 112 Å². The number of carboxylic acids is 1. The van der Waals surface area contributed by atoms with Crippen molar-refractivity contribution in [2.45, 2.75) is 78.2 Å². The fourth-order valence-electron chi connectivity index (χ4n) is 7.18. The van der Waals surface area contributed by atoms with E-state index in [1.165, 1.54) is 46.7 Å². The van der Waals surface area contributed by atoms with Crippen molar-refractivity contribution in [3.63, 3.8) is 0 Å². The summed E-state index contributed by atoms with van der Waals surface area (Å²) in [5.74, 6) is -3.08. The molecule has 0 atom stereocenters. The number of rotatable bonds is 16. The molecule has 2 saturated carbocycles. The number of primary amides is 2. The Labute approximate surface area is 417 Å². The van der Waals surface area contributed by atoms with Crippen LogP contribution in [0.1, 0.15) is 77.8 Å². The van der Waals surface area contributed by atoms with Gasteiger partial charge in [0, 0.05) is 79.8 Å². The van der Waals surface area contributed by atoms with Crippen molar-refractivity contribution in [3.8, 4) is 0 Å². The zero-order chi connectivity index (χ0) is 48.5. The van der Waals surface area contributed by atoms with Crippen LogP contribution in [0.25, 0.3) is 21.8 Å². The standard InChI is InChI=1S/C23H21BrClFN4O3.C13H15ClFNO.C11H9BrN2O3.CH4/c24-14-4-7-19-16(8-14)17(23(27)33)10-29(19)12-21(32)30(15-5-6-15)11-20(31)28-9-13-2-1-3-18(25)22(13)26;14-11-3-1-2-10(13(11)15)8-16-12(17)7-6-9-4-5-9;12-6-1-2-9-7(3-6)8(11(13)17)4-14(9)5-10(15)16;/h1-4,7-8,10,15H,5-6,9,11-12H2,(H2,27,33)(H,28,31);1-3,9H,4-8H2,(H,16,17);1-4H,5H2,(H2,13,17)(H,15,16);1H4. The van der Waals surface area contributed by atoms with Gasteiger partial charge in [0.15, 0.2) is 0 Å². The van der Waals surface area contributed by atoms with Crippen LogP contribution in [0.4, 0.5) is 8.78 Å². The van der Waals surface area contributed by atoms with Gasteiger partial charge in [-0.3, -0.25) is 28.8 Å². The van der Waals surface area contributed by atoms with Gasteiger partial charge in [0.2, 0.25) is 17.7 Å². The summed E-state index contributed by atoms with van der Waals surface area (Å²) < 4.78 is 32.3. The molecule has 2 aliphatic carbocycles. The third-order valence-corrected chi connectivity index (χ3v) is 12.5. The van der Waals surface area contributed by atoms with E-state index in [0.717, 1.165) is 34.1 Å². The van der Waals surface area contributed by atoms with Gasteiger partial charge >= 0.3 is 5.97 Å². The van der Waals surface area contributed by atoms with Crippen LogP contribution in [0.15, 0.2) is 94.1 Å². The highest BCUT2D eigenvalue weighted by atomic mass is 79.9. The number of benzene rings is 4. The number of aliphatic carboxylic acids is 1. The van der Waals surface area contributed by atoms with Gasteiger partial charge in [-0.15, -0.1) is 0 Å². The van der Waals surface area contributed by atoms with E-state index in [4.69, 9.17) is 39.8 Å². The molecule has 4 aromatic carbocycles. The molecule has 2 aliphatic rings. The summed E-state index contributed by atoms with van der Waals surface area (Å²) in [5, 5.41) is 15.5. The van der Waals surface area contributed by atoms with Crippen molar-refractivity contribution in [1.82, 2.24) is 24.7 Å². The molecule has 5 amide bonds. The summed E-state index contributed by atoms with van der Waals surface area (Å²) in [4.78, 5) is 72.5. The Balaban J connectivity index is 0.000000208. The Morgan fingerprint density at radius 1 is 0.706 bits per heavy atom. The predicted molar refractivity (Wildman–Crippen MR) is 264 cm³/mol. The second-order valence-electron chi connectivity index (χ2n) is 16.0. The lowest BCUT2D eigenvalue weighted by atomic mass is 10.2. The molecule has 0 saturated heterocycles. The van der Waals surface area contributed by atoms with Gasteiger partial charge in [0.05, 0.1) is 27.7 Å². The van der Waals surface area contributed by atoms with Gasteiger partial charge in [-0.1, -0.05) is 99.6 Å². The van der Waals surface area contributed by atoms with E-state index in [2.05, 4.69) is 42.5 Å². The molecule has 68 heavy (non-hydrogen) atoms. The summed E-state index contributed by atoms with van der Waals surface area (Å²) in [6.07, 6.45) is 8.63. The normalized spacial score (nSPS) is 12.7. The highest BCUT2D eigenvalue weighted by Gasteiger charge is 2.34. The molecule has 2 aromatic heterocycles. The Kier molecular flexibility index (Phi) is 18.7. The summed E-state index contributed by atoms with van der Waals surface area (Å²) in [7, 11) is 0. The highest BCUT2D eigenvalue weighted by Crippen LogP contribution is 2.33. The fraction of sp³-hybridized carbons (Fsp3) is 0.292. The lowest BCUT2D eigenvalue weighted by Gasteiger charge is -2.22. The van der Waals surface area contributed by atoms with Gasteiger partial charge in [0.1, 0.15) is 24.7 Å². The minimum atomic E-state index is -0.971. The number of carbonyl (C=O) groups excluding carboxylic acids is 5. The van der Waals surface area contributed by atoms with E-state index in [-0.39, 0.29) is 73.6 Å². The van der Waals surface area contributed by atoms with E-state index in [1.807, 2.05) is 6.07 Å². The lowest BCUT2D eigenvalue weighted by Crippen LogP contribution is -2.43. The number of nitrogens with two attached hydrogens (primary N) is 2. The van der Waals surface area contributed by atoms with Crippen LogP contribution >= 0.6 is 55.1 Å². The lowest BCUT2D eigenvalue weighted by molar-refractivity contribution is -0.137. The number of hydrogen-bond donors (Lipinski definition) is 5. The largest absolute Gasteiger partial charge is 0.480 e. The molecule has 2 fully saturated rings. The maximum Gasteiger partial charge on any atom is 0.323 e. The Hall–Kier alpha value is -5.82. The Morgan fingerprint density at radius 3 is 1.62 bits per heavy atom. The van der Waals surface area contributed by atoms with Crippen LogP contribution in [0.3, 0.4) is 0 Å². The Bertz CT molecular complexity index is 2870. The number of aromatic nitrogens is 2. The number of carbonyl (C=O) groups is 6. The zero-order valence-corrected chi connectivity index (χ0v) is 40.4. The van der Waals surface area contributed by atoms with E-state index < -0.39 is 35.3 Å². The fourth-order valence-corrected chi connectivity index (χ4v) is 8.29. The average Bonchev–Trinajstić information content (AvgIpc) is 4.22. The van der Waals surface area contributed by atoms with Crippen LogP contribution in [0.5, 0.6) is 0 Å². The first-order valence-electron chi connectivity index (χ1n) is 21.0. The average molecular weight is 1100 g/mol. The van der Waals surface area contributed by atoms with E-state index in [0.29, 0.717) is 44.9 Å². The van der Waals surface area contributed by atoms with Gasteiger partial charge in [-0.25, -0.2) is 8.78 Å². The van der Waals surface area contributed by atoms with Crippen molar-refractivity contribution in [1.29, 1.82) is 0 Å². The first-order valence-corrected chi connectivity index (χ1v) is 23.3. The van der Waals surface area contributed by atoms with Gasteiger partial charge in [0.25, 0.3) is 11.8 Å². The molecular weight excluding hydrogens is 1060 g/mol. The van der Waals surface area contributed by atoms with Crippen molar-refractivity contribution in [2.75, 3.05) is 6.54 Å². The minimum absolute atomic E-state index is 0. The first kappa shape index (κ1) is 53.1. The molecule has 7 N–H and O–H groups in total. The smallest absolute Gasteiger partial charge is 0.323 e. The van der Waals surface area contributed by atoms with Crippen LogP contribution in [0.2, 0.25) is 10.0 Å². The third kappa shape index (κ3) is 14.4. The van der Waals surface area contributed by atoms with Crippen LogP contribution in [-0.2, 0) is 45.4 Å². The molecule has 0 bridgehead atoms. The quantitative estimate of drug-likeness (QED) is 0.0634. The second kappa shape index (κ2) is 24.0. The molecule has 8 rings (SSSR count). The van der Waals surface area contributed by atoms with Crippen LogP contribution in [-0.4, -0.2) is 67.2 Å². The van der Waals surface area contributed by atoms with Gasteiger partial charge < -0.3 is 41.2 Å². The number of nitrogens with one attached hydrogen (secondary N) is 2. The topological polar surface area (TPSA) is 212 Å². The minimum Gasteiger partial charge on any atom is -0.480 e. The van der Waals surface area contributed by atoms with E-state index in [1.54, 1.807) is 59.3 Å². The summed E-state index contributed by atoms with van der Waals surface area (Å²) >= 11 is 18.1. The highest BCUT2D eigenvalue weighted by molar-refractivity contribution is 9.10. The summed E-state index contributed by atoms with van der Waals surface area (Å²) in [6.45, 7) is -0.213. The number of carboxylic acid groups (broad SMARTS) is 1. The molecule has 360 valence electrons. The maximum atomic E-state index is 14.0. The molecule has 0 spiro atoms. The second-order valence-corrected chi connectivity index (χ2v) is 18.6. The number of nitrogens with zero attached hydrogens (tertiary/aromatic N) is 3. The molecule has 14 nitrogen and oxygen atoms in total. The summed E-state index contributed by atoms with van der Waals surface area (Å²) in [6, 6.07) is 20.0. The van der Waals surface area contributed by atoms with Crippen LogP contribution in [0, 0.1) is 17.6 Å².